The van der Waals surface area contributed by atoms with Crippen molar-refractivity contribution in [3.05, 3.63) is 40.1 Å². The average molecular weight is 352 g/mol. The lowest BCUT2D eigenvalue weighted by Gasteiger charge is -2.16. The first kappa shape index (κ1) is 15.6. The Morgan fingerprint density at radius 2 is 2.20 bits per heavy atom. The number of benzene rings is 1. The highest BCUT2D eigenvalue weighted by molar-refractivity contribution is 5.98. The van der Waals surface area contributed by atoms with Crippen LogP contribution in [0.1, 0.15) is 29.0 Å². The maximum Gasteiger partial charge on any atom is 0.586 e. The van der Waals surface area contributed by atoms with E-state index >= 15 is 0 Å². The minimum atomic E-state index is -3.78. The minimum Gasteiger partial charge on any atom is -0.395 e. The Hall–Kier alpha value is -2.91. The summed E-state index contributed by atoms with van der Waals surface area (Å²) < 4.78 is 36.8. The molecular formula is C15H14F2N4O4. The van der Waals surface area contributed by atoms with Gasteiger partial charge in [-0.2, -0.15) is 5.10 Å². The molecule has 3 heterocycles. The third-order valence-electron chi connectivity index (χ3n) is 4.26. The quantitative estimate of drug-likeness (QED) is 0.841. The number of alkyl halides is 2. The van der Waals surface area contributed by atoms with Gasteiger partial charge in [-0.1, -0.05) is 6.07 Å². The number of amides is 1. The van der Waals surface area contributed by atoms with E-state index in [4.69, 9.17) is 0 Å². The van der Waals surface area contributed by atoms with Gasteiger partial charge >= 0.3 is 12.0 Å². The molecule has 0 radical (unpaired) electrons. The van der Waals surface area contributed by atoms with Crippen molar-refractivity contribution in [2.75, 3.05) is 0 Å². The van der Waals surface area contributed by atoms with Gasteiger partial charge in [-0.25, -0.2) is 9.89 Å². The van der Waals surface area contributed by atoms with E-state index in [0.29, 0.717) is 31.6 Å². The number of aromatic amines is 1. The second-order valence-corrected chi connectivity index (χ2v) is 5.89. The van der Waals surface area contributed by atoms with Crippen molar-refractivity contribution in [3.63, 3.8) is 0 Å². The molecule has 8 nitrogen and oxygen atoms in total. The zero-order valence-electron chi connectivity index (χ0n) is 12.9. The molecule has 1 atom stereocenters. The molecule has 2 aliphatic heterocycles. The lowest BCUT2D eigenvalue weighted by atomic mass is 10.1. The number of para-hydroxylation sites is 1. The number of aromatic nitrogens is 3. The smallest absolute Gasteiger partial charge is 0.395 e. The number of fused-ring (bicyclic) bond motifs is 2. The Kier molecular flexibility index (Phi) is 3.48. The predicted octanol–water partition coefficient (Wildman–Crippen LogP) is 1.03. The fourth-order valence-electron chi connectivity index (χ4n) is 3.06. The first-order chi connectivity index (χ1) is 11.9. The van der Waals surface area contributed by atoms with Crippen molar-refractivity contribution >= 4 is 5.91 Å². The summed E-state index contributed by atoms with van der Waals surface area (Å²) in [5.74, 6) is -0.344. The van der Waals surface area contributed by atoms with E-state index in [1.165, 1.54) is 22.8 Å². The van der Waals surface area contributed by atoms with Crippen LogP contribution in [0.15, 0.2) is 23.0 Å². The Balaban J connectivity index is 1.49. The van der Waals surface area contributed by atoms with Gasteiger partial charge in [0.15, 0.2) is 11.5 Å². The molecule has 0 bridgehead atoms. The Morgan fingerprint density at radius 3 is 3.04 bits per heavy atom. The molecule has 10 heteroatoms. The number of H-pyrrole nitrogens is 1. The normalized spacial score (nSPS) is 20.6. The standard InChI is InChI=1S/C15H14F2N4O4/c16-15(17)24-10-3-1-2-9(12(10)25-15)13(22)18-8-4-5-11-19-20-14(23)21(11)7-6-8/h1-3,8H,4-7H2,(H,18,22)(H,20,23). The molecule has 0 aliphatic carbocycles. The van der Waals surface area contributed by atoms with Crippen molar-refractivity contribution in [2.24, 2.45) is 0 Å². The zero-order valence-corrected chi connectivity index (χ0v) is 12.9. The Bertz CT molecular complexity index is 892. The monoisotopic (exact) mass is 352 g/mol. The van der Waals surface area contributed by atoms with Gasteiger partial charge in [0.2, 0.25) is 0 Å². The number of rotatable bonds is 2. The van der Waals surface area contributed by atoms with E-state index in [0.717, 1.165) is 0 Å². The maximum atomic E-state index is 13.2. The summed E-state index contributed by atoms with van der Waals surface area (Å²) in [7, 11) is 0. The van der Waals surface area contributed by atoms with E-state index < -0.39 is 12.2 Å². The molecule has 2 aliphatic rings. The lowest BCUT2D eigenvalue weighted by molar-refractivity contribution is -0.286. The largest absolute Gasteiger partial charge is 0.586 e. The molecule has 0 saturated heterocycles. The van der Waals surface area contributed by atoms with Crippen LogP contribution in [0, 0.1) is 0 Å². The zero-order chi connectivity index (χ0) is 17.6. The number of hydrogen-bond acceptors (Lipinski definition) is 5. The van der Waals surface area contributed by atoms with Crippen LogP contribution in [-0.2, 0) is 13.0 Å². The molecule has 1 unspecified atom stereocenters. The molecule has 0 fully saturated rings. The third-order valence-corrected chi connectivity index (χ3v) is 4.26. The summed E-state index contributed by atoms with van der Waals surface area (Å²) in [6.07, 6.45) is -2.15. The molecule has 25 heavy (non-hydrogen) atoms. The number of nitrogens with zero attached hydrogens (tertiary/aromatic N) is 2. The highest BCUT2D eigenvalue weighted by atomic mass is 19.3. The van der Waals surface area contributed by atoms with Crippen LogP contribution in [0.2, 0.25) is 0 Å². The van der Waals surface area contributed by atoms with Crippen LogP contribution >= 0.6 is 0 Å². The van der Waals surface area contributed by atoms with Crippen LogP contribution in [-0.4, -0.2) is 33.0 Å². The first-order valence-electron chi connectivity index (χ1n) is 7.77. The summed E-state index contributed by atoms with van der Waals surface area (Å²) in [6, 6.07) is 3.93. The molecule has 132 valence electrons. The van der Waals surface area contributed by atoms with Gasteiger partial charge in [0.1, 0.15) is 5.82 Å². The highest BCUT2D eigenvalue weighted by Crippen LogP contribution is 2.43. The van der Waals surface area contributed by atoms with Crippen LogP contribution in [0.25, 0.3) is 0 Å². The van der Waals surface area contributed by atoms with Crippen molar-refractivity contribution in [3.8, 4) is 11.5 Å². The molecule has 1 aromatic carbocycles. The van der Waals surface area contributed by atoms with Crippen LogP contribution in [0.3, 0.4) is 0 Å². The molecule has 1 aromatic heterocycles. The second kappa shape index (κ2) is 5.57. The molecule has 4 rings (SSSR count). The fraction of sp³-hybridized carbons (Fsp3) is 0.400. The SMILES string of the molecule is O=C(NC1CCc2n[nH]c(=O)n2CC1)c1cccc2c1OC(F)(F)O2. The number of aryl methyl sites for hydroxylation is 1. The van der Waals surface area contributed by atoms with E-state index in [1.54, 1.807) is 0 Å². The van der Waals surface area contributed by atoms with Gasteiger partial charge in [0, 0.05) is 19.0 Å². The van der Waals surface area contributed by atoms with Gasteiger partial charge in [-0.3, -0.25) is 9.36 Å². The molecule has 0 spiro atoms. The van der Waals surface area contributed by atoms with Crippen LogP contribution in [0.5, 0.6) is 11.5 Å². The van der Waals surface area contributed by atoms with Crippen molar-refractivity contribution < 1.29 is 23.0 Å². The highest BCUT2D eigenvalue weighted by Gasteiger charge is 2.45. The Morgan fingerprint density at radius 1 is 1.36 bits per heavy atom. The summed E-state index contributed by atoms with van der Waals surface area (Å²) in [4.78, 5) is 24.1. The number of carbonyl (C=O) groups is 1. The summed E-state index contributed by atoms with van der Waals surface area (Å²) >= 11 is 0. The number of hydrogen-bond donors (Lipinski definition) is 2. The molecule has 0 saturated carbocycles. The number of nitrogens with one attached hydrogen (secondary N) is 2. The summed E-state index contributed by atoms with van der Waals surface area (Å²) in [6.45, 7) is 0.417. The van der Waals surface area contributed by atoms with Crippen LogP contribution in [0.4, 0.5) is 8.78 Å². The van der Waals surface area contributed by atoms with Crippen LogP contribution < -0.4 is 20.5 Å². The van der Waals surface area contributed by atoms with Gasteiger partial charge in [0.25, 0.3) is 5.91 Å². The molecule has 2 N–H and O–H groups in total. The summed E-state index contributed by atoms with van der Waals surface area (Å²) in [5, 5.41) is 9.14. The predicted molar refractivity (Wildman–Crippen MR) is 79.7 cm³/mol. The number of ether oxygens (including phenoxy) is 2. The van der Waals surface area contributed by atoms with E-state index in [1.807, 2.05) is 0 Å². The molecule has 1 amide bonds. The van der Waals surface area contributed by atoms with Crippen molar-refractivity contribution in [1.82, 2.24) is 20.1 Å². The second-order valence-electron chi connectivity index (χ2n) is 5.89. The van der Waals surface area contributed by atoms with E-state index in [9.17, 15) is 18.4 Å². The van der Waals surface area contributed by atoms with Crippen molar-refractivity contribution in [1.29, 1.82) is 0 Å². The van der Waals surface area contributed by atoms with Gasteiger partial charge in [-0.05, 0) is 25.0 Å². The molecular weight excluding hydrogens is 338 g/mol. The third kappa shape index (κ3) is 2.83. The molecule has 2 aromatic rings. The number of carbonyl (C=O) groups excluding carboxylic acids is 1. The maximum absolute atomic E-state index is 13.2. The van der Waals surface area contributed by atoms with Gasteiger partial charge < -0.3 is 14.8 Å². The van der Waals surface area contributed by atoms with E-state index in [-0.39, 0.29) is 28.8 Å². The topological polar surface area (TPSA) is 98.2 Å². The van der Waals surface area contributed by atoms with Gasteiger partial charge in [-0.15, -0.1) is 8.78 Å². The van der Waals surface area contributed by atoms with E-state index in [2.05, 4.69) is 25.0 Å². The lowest BCUT2D eigenvalue weighted by Crippen LogP contribution is -2.35. The minimum absolute atomic E-state index is 0.0190. The first-order valence-corrected chi connectivity index (χ1v) is 7.77. The fourth-order valence-corrected chi connectivity index (χ4v) is 3.06. The van der Waals surface area contributed by atoms with Gasteiger partial charge in [0.05, 0.1) is 5.56 Å². The average Bonchev–Trinajstić information content (AvgIpc) is 2.99. The summed E-state index contributed by atoms with van der Waals surface area (Å²) in [5.41, 5.74) is -0.301. The number of halogens is 2. The Labute approximate surface area is 139 Å². The van der Waals surface area contributed by atoms with Crippen molar-refractivity contribution in [2.45, 2.75) is 38.1 Å².